The summed E-state index contributed by atoms with van der Waals surface area (Å²) in [6, 6.07) is 1.17. The van der Waals surface area contributed by atoms with Gasteiger partial charge in [0, 0.05) is 5.56 Å². The molecule has 74 valence electrons. The van der Waals surface area contributed by atoms with Gasteiger partial charge in [-0.2, -0.15) is 0 Å². The first-order chi connectivity index (χ1) is 6.49. The van der Waals surface area contributed by atoms with Crippen LogP contribution in [0.1, 0.15) is 10.4 Å². The molecule has 7 heteroatoms. The summed E-state index contributed by atoms with van der Waals surface area (Å²) < 4.78 is 0. The van der Waals surface area contributed by atoms with Crippen molar-refractivity contribution in [3.8, 4) is 0 Å². The Bertz CT molecular complexity index is 419. The van der Waals surface area contributed by atoms with Gasteiger partial charge >= 0.3 is 5.69 Å². The first-order valence-electron chi connectivity index (χ1n) is 3.26. The standard InChI is InChI=1S/C7H2Cl3NO3/c8-4-1-3(2-12)5(9)7(6(4)10)11(13)14/h1-2H. The monoisotopic (exact) mass is 253 g/mol. The fourth-order valence-electron chi connectivity index (χ4n) is 0.855. The lowest BCUT2D eigenvalue weighted by Gasteiger charge is -2.02. The van der Waals surface area contributed by atoms with Gasteiger partial charge < -0.3 is 0 Å². The van der Waals surface area contributed by atoms with E-state index in [0.29, 0.717) is 6.29 Å². The number of hydrogen-bond donors (Lipinski definition) is 0. The quantitative estimate of drug-likeness (QED) is 0.352. The molecule has 1 aromatic rings. The molecule has 0 saturated heterocycles. The van der Waals surface area contributed by atoms with Gasteiger partial charge in [-0.05, 0) is 6.07 Å². The molecule has 1 aromatic carbocycles. The third-order valence-corrected chi connectivity index (χ3v) is 2.65. The molecule has 0 aliphatic rings. The molecule has 1 rings (SSSR count). The number of nitro groups is 1. The summed E-state index contributed by atoms with van der Waals surface area (Å²) in [6.07, 6.45) is 0.373. The van der Waals surface area contributed by atoms with Crippen molar-refractivity contribution in [2.45, 2.75) is 0 Å². The Morgan fingerprint density at radius 2 is 1.86 bits per heavy atom. The summed E-state index contributed by atoms with van der Waals surface area (Å²) in [5.41, 5.74) is -0.615. The molecular formula is C7H2Cl3NO3. The highest BCUT2D eigenvalue weighted by Crippen LogP contribution is 2.39. The maximum atomic E-state index is 10.5. The molecule has 0 N–H and O–H groups in total. The van der Waals surface area contributed by atoms with Crippen LogP contribution in [0.4, 0.5) is 5.69 Å². The lowest BCUT2D eigenvalue weighted by atomic mass is 10.2. The highest BCUT2D eigenvalue weighted by molar-refractivity contribution is 6.46. The smallest absolute Gasteiger partial charge is 0.298 e. The van der Waals surface area contributed by atoms with Gasteiger partial charge in [0.25, 0.3) is 0 Å². The molecule has 0 aliphatic heterocycles. The maximum absolute atomic E-state index is 10.5. The van der Waals surface area contributed by atoms with Gasteiger partial charge in [-0.1, -0.05) is 34.8 Å². The van der Waals surface area contributed by atoms with Crippen molar-refractivity contribution in [3.63, 3.8) is 0 Å². The highest BCUT2D eigenvalue weighted by Gasteiger charge is 2.23. The van der Waals surface area contributed by atoms with E-state index < -0.39 is 10.6 Å². The molecule has 0 spiro atoms. The van der Waals surface area contributed by atoms with Crippen molar-refractivity contribution in [3.05, 3.63) is 36.8 Å². The van der Waals surface area contributed by atoms with Crippen molar-refractivity contribution in [2.75, 3.05) is 0 Å². The largest absolute Gasteiger partial charge is 0.308 e. The molecule has 0 heterocycles. The second-order valence-corrected chi connectivity index (χ2v) is 3.46. The van der Waals surface area contributed by atoms with E-state index in [1.54, 1.807) is 0 Å². The van der Waals surface area contributed by atoms with E-state index in [-0.39, 0.29) is 20.6 Å². The summed E-state index contributed by atoms with van der Waals surface area (Å²) in [5, 5.41) is 9.87. The number of hydrogen-bond acceptors (Lipinski definition) is 3. The van der Waals surface area contributed by atoms with Crippen LogP contribution in [0.25, 0.3) is 0 Å². The molecule has 0 aliphatic carbocycles. The Hall–Kier alpha value is -0.840. The van der Waals surface area contributed by atoms with Crippen molar-refractivity contribution in [1.82, 2.24) is 0 Å². The lowest BCUT2D eigenvalue weighted by molar-refractivity contribution is -0.384. The van der Waals surface area contributed by atoms with E-state index in [1.165, 1.54) is 6.07 Å². The van der Waals surface area contributed by atoms with E-state index in [4.69, 9.17) is 34.8 Å². The Kier molecular flexibility index (Phi) is 3.31. The molecule has 4 nitrogen and oxygen atoms in total. The zero-order valence-corrected chi connectivity index (χ0v) is 8.73. The number of aldehydes is 1. The summed E-state index contributed by atoms with van der Waals surface area (Å²) in [7, 11) is 0. The number of rotatable bonds is 2. The predicted molar refractivity (Wildman–Crippen MR) is 53.5 cm³/mol. The zero-order valence-electron chi connectivity index (χ0n) is 6.46. The third kappa shape index (κ3) is 1.82. The summed E-state index contributed by atoms with van der Waals surface area (Å²) in [4.78, 5) is 20.2. The number of nitrogens with zero attached hydrogens (tertiary/aromatic N) is 1. The van der Waals surface area contributed by atoms with Crippen LogP contribution in [-0.2, 0) is 0 Å². The molecule has 0 radical (unpaired) electrons. The first kappa shape index (κ1) is 11.2. The van der Waals surface area contributed by atoms with Gasteiger partial charge in [0.2, 0.25) is 0 Å². The van der Waals surface area contributed by atoms with Crippen molar-refractivity contribution in [1.29, 1.82) is 0 Å². The molecule has 0 atom stereocenters. The SMILES string of the molecule is O=Cc1cc(Cl)c(Cl)c([N+](=O)[O-])c1Cl. The Morgan fingerprint density at radius 3 is 2.29 bits per heavy atom. The number of halogens is 3. The lowest BCUT2D eigenvalue weighted by Crippen LogP contribution is -1.94. The van der Waals surface area contributed by atoms with Crippen LogP contribution in [0.2, 0.25) is 15.1 Å². The van der Waals surface area contributed by atoms with Crippen LogP contribution in [0, 0.1) is 10.1 Å². The highest BCUT2D eigenvalue weighted by atomic mass is 35.5. The van der Waals surface area contributed by atoms with E-state index in [9.17, 15) is 14.9 Å². The number of nitro benzene ring substituents is 1. The number of carbonyl (C=O) groups excluding carboxylic acids is 1. The van der Waals surface area contributed by atoms with Gasteiger partial charge in [-0.25, -0.2) is 0 Å². The fourth-order valence-corrected chi connectivity index (χ4v) is 1.59. The molecule has 0 aromatic heterocycles. The zero-order chi connectivity index (χ0) is 10.9. The van der Waals surface area contributed by atoms with Crippen molar-refractivity contribution in [2.24, 2.45) is 0 Å². The normalized spacial score (nSPS) is 9.93. The van der Waals surface area contributed by atoms with E-state index in [2.05, 4.69) is 0 Å². The minimum absolute atomic E-state index is 0.0623. The van der Waals surface area contributed by atoms with Gasteiger partial charge in [-0.3, -0.25) is 14.9 Å². The molecular weight excluding hydrogens is 252 g/mol. The van der Waals surface area contributed by atoms with E-state index in [1.807, 2.05) is 0 Å². The molecule has 0 bridgehead atoms. The predicted octanol–water partition coefficient (Wildman–Crippen LogP) is 3.37. The Morgan fingerprint density at radius 1 is 1.29 bits per heavy atom. The topological polar surface area (TPSA) is 60.2 Å². The molecule has 0 amide bonds. The first-order valence-corrected chi connectivity index (χ1v) is 4.39. The van der Waals surface area contributed by atoms with E-state index >= 15 is 0 Å². The van der Waals surface area contributed by atoms with E-state index in [0.717, 1.165) is 0 Å². The molecule has 0 saturated carbocycles. The van der Waals surface area contributed by atoms with Crippen LogP contribution in [-0.4, -0.2) is 11.2 Å². The summed E-state index contributed by atoms with van der Waals surface area (Å²) >= 11 is 16.7. The van der Waals surface area contributed by atoms with Crippen molar-refractivity contribution < 1.29 is 9.72 Å². The van der Waals surface area contributed by atoms with Gasteiger partial charge in [0.15, 0.2) is 6.29 Å². The van der Waals surface area contributed by atoms with Gasteiger partial charge in [0.05, 0.1) is 9.95 Å². The second kappa shape index (κ2) is 4.13. The summed E-state index contributed by atoms with van der Waals surface area (Å²) in [6.45, 7) is 0. The minimum Gasteiger partial charge on any atom is -0.298 e. The Labute approximate surface area is 93.5 Å². The average Bonchev–Trinajstić information content (AvgIpc) is 2.11. The number of benzene rings is 1. The molecule has 0 fully saturated rings. The number of carbonyl (C=O) groups is 1. The fraction of sp³-hybridized carbons (Fsp3) is 0. The second-order valence-electron chi connectivity index (χ2n) is 2.30. The van der Waals surface area contributed by atoms with Crippen LogP contribution in [0.5, 0.6) is 0 Å². The van der Waals surface area contributed by atoms with Gasteiger partial charge in [0.1, 0.15) is 10.0 Å². The van der Waals surface area contributed by atoms with Crippen LogP contribution in [0.3, 0.4) is 0 Å². The molecule has 0 unspecified atom stereocenters. The maximum Gasteiger partial charge on any atom is 0.308 e. The average molecular weight is 254 g/mol. The third-order valence-electron chi connectivity index (χ3n) is 1.47. The van der Waals surface area contributed by atoms with Crippen molar-refractivity contribution >= 4 is 46.8 Å². The summed E-state index contributed by atoms with van der Waals surface area (Å²) in [5.74, 6) is 0. The van der Waals surface area contributed by atoms with Crippen LogP contribution in [0.15, 0.2) is 6.07 Å². The molecule has 14 heavy (non-hydrogen) atoms. The van der Waals surface area contributed by atoms with Crippen LogP contribution >= 0.6 is 34.8 Å². The minimum atomic E-state index is -0.788. The van der Waals surface area contributed by atoms with Gasteiger partial charge in [-0.15, -0.1) is 0 Å². The Balaban J connectivity index is 3.61. The van der Waals surface area contributed by atoms with Crippen LogP contribution < -0.4 is 0 Å².